The largest absolute Gasteiger partial charge is 0.355 e. The Morgan fingerprint density at radius 2 is 2.39 bits per heavy atom. The number of hydrogen-bond acceptors (Lipinski definition) is 4. The highest BCUT2D eigenvalue weighted by atomic mass is 32.2. The van der Waals surface area contributed by atoms with Crippen LogP contribution >= 0.6 is 11.8 Å². The number of aliphatic imine (C=N–C) groups is 1. The van der Waals surface area contributed by atoms with Gasteiger partial charge in [-0.3, -0.25) is 15.1 Å². The number of aryl methyl sites for hydroxylation is 1. The number of amides is 1. The Labute approximate surface area is 111 Å². The standard InChI is InChI=1S/C11H19N5OS/c1-8-10(15-7-14-8)6-18-5-4-13-11(12-3)16-9(2)17/h7H,4-6H2,1-3H3,(H,14,15)(H2,12,13,16,17). The first-order chi connectivity index (χ1) is 8.63. The number of H-pyrrole nitrogens is 1. The zero-order valence-electron chi connectivity index (χ0n) is 10.9. The number of hydrogen-bond donors (Lipinski definition) is 3. The Morgan fingerprint density at radius 1 is 1.61 bits per heavy atom. The van der Waals surface area contributed by atoms with E-state index < -0.39 is 0 Å². The van der Waals surface area contributed by atoms with Gasteiger partial charge in [-0.1, -0.05) is 0 Å². The summed E-state index contributed by atoms with van der Waals surface area (Å²) in [6.07, 6.45) is 1.71. The first-order valence-electron chi connectivity index (χ1n) is 5.68. The fourth-order valence-electron chi connectivity index (χ4n) is 1.29. The summed E-state index contributed by atoms with van der Waals surface area (Å²) in [6.45, 7) is 4.23. The molecular formula is C11H19N5OS. The van der Waals surface area contributed by atoms with Crippen LogP contribution in [0.15, 0.2) is 11.3 Å². The third kappa shape index (κ3) is 5.22. The molecule has 1 aromatic rings. The second kappa shape index (κ2) is 7.75. The lowest BCUT2D eigenvalue weighted by Gasteiger charge is -2.08. The molecule has 1 aromatic heterocycles. The van der Waals surface area contributed by atoms with E-state index in [1.54, 1.807) is 25.1 Å². The summed E-state index contributed by atoms with van der Waals surface area (Å²) in [5.74, 6) is 2.20. The molecular weight excluding hydrogens is 250 g/mol. The fourth-order valence-corrected chi connectivity index (χ4v) is 2.16. The Kier molecular flexibility index (Phi) is 6.27. The van der Waals surface area contributed by atoms with Crippen LogP contribution in [0.25, 0.3) is 0 Å². The highest BCUT2D eigenvalue weighted by molar-refractivity contribution is 7.98. The molecule has 0 aliphatic rings. The predicted molar refractivity (Wildman–Crippen MR) is 74.7 cm³/mol. The van der Waals surface area contributed by atoms with Gasteiger partial charge < -0.3 is 10.3 Å². The monoisotopic (exact) mass is 269 g/mol. The molecule has 0 spiro atoms. The summed E-state index contributed by atoms with van der Waals surface area (Å²) in [4.78, 5) is 22.1. The van der Waals surface area contributed by atoms with E-state index in [0.29, 0.717) is 5.96 Å². The molecule has 0 radical (unpaired) electrons. The molecule has 0 saturated heterocycles. The Balaban J connectivity index is 2.15. The molecule has 1 amide bonds. The third-order valence-electron chi connectivity index (χ3n) is 2.23. The number of aromatic nitrogens is 2. The zero-order chi connectivity index (χ0) is 13.4. The minimum Gasteiger partial charge on any atom is -0.355 e. The maximum Gasteiger partial charge on any atom is 0.223 e. The normalized spacial score (nSPS) is 11.4. The smallest absolute Gasteiger partial charge is 0.223 e. The van der Waals surface area contributed by atoms with Crippen LogP contribution in [-0.4, -0.2) is 41.2 Å². The van der Waals surface area contributed by atoms with Gasteiger partial charge in [0.05, 0.1) is 12.0 Å². The SMILES string of the molecule is CN=C(NCCSCc1nc[nH]c1C)NC(C)=O. The van der Waals surface area contributed by atoms with Gasteiger partial charge in [0.1, 0.15) is 0 Å². The van der Waals surface area contributed by atoms with E-state index in [9.17, 15) is 4.79 Å². The number of rotatable bonds is 5. The molecule has 100 valence electrons. The summed E-state index contributed by atoms with van der Waals surface area (Å²) < 4.78 is 0. The van der Waals surface area contributed by atoms with E-state index in [2.05, 4.69) is 25.6 Å². The van der Waals surface area contributed by atoms with Crippen LogP contribution in [0.1, 0.15) is 18.3 Å². The van der Waals surface area contributed by atoms with Gasteiger partial charge in [0.25, 0.3) is 0 Å². The maximum atomic E-state index is 10.8. The molecule has 6 nitrogen and oxygen atoms in total. The molecule has 18 heavy (non-hydrogen) atoms. The van der Waals surface area contributed by atoms with Crippen LogP contribution < -0.4 is 10.6 Å². The lowest BCUT2D eigenvalue weighted by molar-refractivity contribution is -0.117. The molecule has 0 atom stereocenters. The molecule has 0 aromatic carbocycles. The molecule has 0 saturated carbocycles. The number of thioether (sulfide) groups is 1. The second-order valence-electron chi connectivity index (χ2n) is 3.71. The number of nitrogens with zero attached hydrogens (tertiary/aromatic N) is 2. The van der Waals surface area contributed by atoms with Gasteiger partial charge >= 0.3 is 0 Å². The van der Waals surface area contributed by atoms with Crippen molar-refractivity contribution in [3.05, 3.63) is 17.7 Å². The van der Waals surface area contributed by atoms with E-state index in [4.69, 9.17) is 0 Å². The van der Waals surface area contributed by atoms with Gasteiger partial charge in [0.2, 0.25) is 5.91 Å². The molecule has 1 rings (SSSR count). The number of carbonyl (C=O) groups excluding carboxylic acids is 1. The summed E-state index contributed by atoms with van der Waals surface area (Å²) in [5, 5.41) is 5.68. The summed E-state index contributed by atoms with van der Waals surface area (Å²) in [7, 11) is 1.64. The lowest BCUT2D eigenvalue weighted by atomic mass is 10.4. The van der Waals surface area contributed by atoms with Crippen molar-refractivity contribution in [2.24, 2.45) is 4.99 Å². The number of carbonyl (C=O) groups is 1. The second-order valence-corrected chi connectivity index (χ2v) is 4.81. The van der Waals surface area contributed by atoms with Crippen molar-refractivity contribution < 1.29 is 4.79 Å². The topological polar surface area (TPSA) is 82.2 Å². The van der Waals surface area contributed by atoms with Gasteiger partial charge in [-0.05, 0) is 6.92 Å². The Hall–Kier alpha value is -1.50. The molecule has 0 fully saturated rings. The van der Waals surface area contributed by atoms with Crippen molar-refractivity contribution >= 4 is 23.6 Å². The molecule has 0 bridgehead atoms. The van der Waals surface area contributed by atoms with E-state index in [-0.39, 0.29) is 5.91 Å². The van der Waals surface area contributed by atoms with Crippen molar-refractivity contribution in [3.8, 4) is 0 Å². The summed E-state index contributed by atoms with van der Waals surface area (Å²) in [5.41, 5.74) is 2.20. The maximum absolute atomic E-state index is 10.8. The average Bonchev–Trinajstić information content (AvgIpc) is 2.72. The summed E-state index contributed by atoms with van der Waals surface area (Å²) in [6, 6.07) is 0. The average molecular weight is 269 g/mol. The van der Waals surface area contributed by atoms with Crippen LogP contribution in [0, 0.1) is 6.92 Å². The van der Waals surface area contributed by atoms with Crippen LogP contribution in [0.4, 0.5) is 0 Å². The predicted octanol–water partition coefficient (Wildman–Crippen LogP) is 0.663. The van der Waals surface area contributed by atoms with Gasteiger partial charge in [-0.25, -0.2) is 4.98 Å². The van der Waals surface area contributed by atoms with Crippen molar-refractivity contribution in [2.45, 2.75) is 19.6 Å². The van der Waals surface area contributed by atoms with E-state index >= 15 is 0 Å². The summed E-state index contributed by atoms with van der Waals surface area (Å²) >= 11 is 1.78. The van der Waals surface area contributed by atoms with Crippen molar-refractivity contribution in [1.29, 1.82) is 0 Å². The molecule has 0 aliphatic carbocycles. The van der Waals surface area contributed by atoms with Gasteiger partial charge in [-0.2, -0.15) is 11.8 Å². The van der Waals surface area contributed by atoms with Crippen LogP contribution in [-0.2, 0) is 10.5 Å². The quantitative estimate of drug-likeness (QED) is 0.417. The van der Waals surface area contributed by atoms with Crippen molar-refractivity contribution in [1.82, 2.24) is 20.6 Å². The molecule has 0 unspecified atom stereocenters. The van der Waals surface area contributed by atoms with Gasteiger partial charge in [0.15, 0.2) is 5.96 Å². The van der Waals surface area contributed by atoms with Crippen LogP contribution in [0.3, 0.4) is 0 Å². The number of imidazole rings is 1. The van der Waals surface area contributed by atoms with Crippen molar-refractivity contribution in [2.75, 3.05) is 19.3 Å². The lowest BCUT2D eigenvalue weighted by Crippen LogP contribution is -2.40. The van der Waals surface area contributed by atoms with Gasteiger partial charge in [-0.15, -0.1) is 0 Å². The highest BCUT2D eigenvalue weighted by Gasteiger charge is 2.02. The first kappa shape index (κ1) is 14.6. The molecule has 1 heterocycles. The third-order valence-corrected chi connectivity index (χ3v) is 3.20. The minimum absolute atomic E-state index is 0.122. The number of guanidine groups is 1. The van der Waals surface area contributed by atoms with Gasteiger partial charge in [0, 0.05) is 37.7 Å². The van der Waals surface area contributed by atoms with Crippen LogP contribution in [0.5, 0.6) is 0 Å². The highest BCUT2D eigenvalue weighted by Crippen LogP contribution is 2.11. The minimum atomic E-state index is -0.122. The van der Waals surface area contributed by atoms with Crippen molar-refractivity contribution in [3.63, 3.8) is 0 Å². The molecule has 0 aliphatic heterocycles. The number of aromatic amines is 1. The molecule has 3 N–H and O–H groups in total. The first-order valence-corrected chi connectivity index (χ1v) is 6.83. The van der Waals surface area contributed by atoms with E-state index in [1.807, 2.05) is 6.92 Å². The fraction of sp³-hybridized carbons (Fsp3) is 0.545. The van der Waals surface area contributed by atoms with E-state index in [0.717, 1.165) is 29.4 Å². The van der Waals surface area contributed by atoms with Crippen LogP contribution in [0.2, 0.25) is 0 Å². The Morgan fingerprint density at radius 3 is 2.94 bits per heavy atom. The zero-order valence-corrected chi connectivity index (χ0v) is 11.7. The Bertz CT molecular complexity index is 415. The molecule has 7 heteroatoms. The number of nitrogens with one attached hydrogen (secondary N) is 3. The van der Waals surface area contributed by atoms with E-state index in [1.165, 1.54) is 6.92 Å².